The molecule has 0 amide bonds. The van der Waals surface area contributed by atoms with Crippen molar-refractivity contribution in [2.75, 3.05) is 28.4 Å². The van der Waals surface area contributed by atoms with E-state index in [1.807, 2.05) is 30.3 Å². The first-order chi connectivity index (χ1) is 16.5. The number of ether oxygens (including phenoxy) is 4. The summed E-state index contributed by atoms with van der Waals surface area (Å²) in [7, 11) is 6.13. The van der Waals surface area contributed by atoms with E-state index in [1.54, 1.807) is 18.2 Å². The van der Waals surface area contributed by atoms with E-state index >= 15 is 0 Å². The minimum absolute atomic E-state index is 0.0567. The van der Waals surface area contributed by atoms with Crippen molar-refractivity contribution >= 4 is 5.69 Å². The number of hydrogen-bond donors (Lipinski definition) is 1. The molecule has 1 N–H and O–H groups in total. The highest BCUT2D eigenvalue weighted by molar-refractivity contribution is 5.85. The number of H-pyrrole nitrogens is 1. The number of aromatic nitrogens is 2. The van der Waals surface area contributed by atoms with Gasteiger partial charge in [-0.1, -0.05) is 30.3 Å². The van der Waals surface area contributed by atoms with Gasteiger partial charge in [-0.2, -0.15) is 0 Å². The van der Waals surface area contributed by atoms with E-state index in [-0.39, 0.29) is 5.69 Å². The lowest BCUT2D eigenvalue weighted by Crippen LogP contribution is -1.96. The second-order valence-electron chi connectivity index (χ2n) is 7.23. The molecule has 174 valence electrons. The zero-order valence-corrected chi connectivity index (χ0v) is 19.1. The molecular formula is C25H23N3O6. The molecule has 0 aliphatic rings. The van der Waals surface area contributed by atoms with Crippen molar-refractivity contribution in [2.24, 2.45) is 0 Å². The van der Waals surface area contributed by atoms with Crippen LogP contribution >= 0.6 is 0 Å². The van der Waals surface area contributed by atoms with Gasteiger partial charge in [0.15, 0.2) is 11.5 Å². The van der Waals surface area contributed by atoms with Gasteiger partial charge in [0, 0.05) is 28.8 Å². The zero-order chi connectivity index (χ0) is 24.2. The Morgan fingerprint density at radius 3 is 2.00 bits per heavy atom. The molecule has 0 bridgehead atoms. The maximum atomic E-state index is 11.5. The Morgan fingerprint density at radius 2 is 1.44 bits per heavy atom. The normalized spacial score (nSPS) is 10.6. The highest BCUT2D eigenvalue weighted by Crippen LogP contribution is 2.43. The minimum atomic E-state index is -0.443. The minimum Gasteiger partial charge on any atom is -0.496 e. The molecule has 0 saturated heterocycles. The van der Waals surface area contributed by atoms with Gasteiger partial charge in [0.05, 0.1) is 44.8 Å². The molecule has 1 aromatic heterocycles. The molecule has 0 spiro atoms. The number of rotatable bonds is 8. The van der Waals surface area contributed by atoms with Crippen LogP contribution in [0.3, 0.4) is 0 Å². The summed E-state index contributed by atoms with van der Waals surface area (Å²) in [4.78, 5) is 19.2. The van der Waals surface area contributed by atoms with E-state index in [9.17, 15) is 10.1 Å². The third kappa shape index (κ3) is 4.11. The van der Waals surface area contributed by atoms with Crippen molar-refractivity contribution in [1.29, 1.82) is 0 Å². The van der Waals surface area contributed by atoms with Crippen molar-refractivity contribution < 1.29 is 23.9 Å². The Labute approximate surface area is 196 Å². The van der Waals surface area contributed by atoms with Crippen LogP contribution in [0.2, 0.25) is 0 Å². The summed E-state index contributed by atoms with van der Waals surface area (Å²) in [5.74, 6) is 2.40. The number of methoxy groups -OCH3 is 4. The summed E-state index contributed by atoms with van der Waals surface area (Å²) in [6.07, 6.45) is 0. The third-order valence-electron chi connectivity index (χ3n) is 5.35. The number of nitrogens with one attached hydrogen (secondary N) is 1. The molecule has 0 fully saturated rings. The van der Waals surface area contributed by atoms with Crippen molar-refractivity contribution in [1.82, 2.24) is 9.97 Å². The Hall–Kier alpha value is -4.53. The lowest BCUT2D eigenvalue weighted by molar-refractivity contribution is -0.384. The fourth-order valence-corrected chi connectivity index (χ4v) is 3.73. The quantitative estimate of drug-likeness (QED) is 0.278. The molecule has 0 aliphatic carbocycles. The molecule has 0 radical (unpaired) electrons. The van der Waals surface area contributed by atoms with Crippen LogP contribution in [0.25, 0.3) is 33.9 Å². The Bertz CT molecular complexity index is 1310. The maximum Gasteiger partial charge on any atom is 0.270 e. The number of non-ortho nitro benzene ring substituents is 1. The summed E-state index contributed by atoms with van der Waals surface area (Å²) in [6, 6.07) is 17.6. The molecule has 0 unspecified atom stereocenters. The lowest BCUT2D eigenvalue weighted by atomic mass is 10.0. The van der Waals surface area contributed by atoms with Gasteiger partial charge < -0.3 is 23.9 Å². The monoisotopic (exact) mass is 461 g/mol. The van der Waals surface area contributed by atoms with E-state index in [1.165, 1.54) is 40.6 Å². The molecule has 4 aromatic rings. The first-order valence-electron chi connectivity index (χ1n) is 10.3. The number of nitro groups is 1. The highest BCUT2D eigenvalue weighted by Gasteiger charge is 2.22. The summed E-state index contributed by atoms with van der Waals surface area (Å²) >= 11 is 0. The molecule has 9 nitrogen and oxygen atoms in total. The van der Waals surface area contributed by atoms with Crippen LogP contribution in [0.5, 0.6) is 23.0 Å². The van der Waals surface area contributed by atoms with Crippen LogP contribution < -0.4 is 18.9 Å². The SMILES string of the molecule is COc1ccc([N+](=O)[O-])cc1-c1[nH]c(-c2cc(OC)c(OC)c(OC)c2)nc1-c1ccccc1. The fourth-order valence-electron chi connectivity index (χ4n) is 3.73. The number of nitro benzene ring substituents is 1. The van der Waals surface area contributed by atoms with E-state index < -0.39 is 4.92 Å². The summed E-state index contributed by atoms with van der Waals surface area (Å²) < 4.78 is 21.9. The smallest absolute Gasteiger partial charge is 0.270 e. The van der Waals surface area contributed by atoms with E-state index in [0.717, 1.165) is 5.56 Å². The van der Waals surface area contributed by atoms with Gasteiger partial charge in [0.25, 0.3) is 5.69 Å². The van der Waals surface area contributed by atoms with Gasteiger partial charge in [-0.05, 0) is 18.2 Å². The van der Waals surface area contributed by atoms with Gasteiger partial charge in [-0.3, -0.25) is 10.1 Å². The molecule has 0 aliphatic heterocycles. The largest absolute Gasteiger partial charge is 0.496 e. The van der Waals surface area contributed by atoms with Crippen molar-refractivity contribution in [3.05, 3.63) is 70.8 Å². The van der Waals surface area contributed by atoms with Crippen LogP contribution in [0.1, 0.15) is 0 Å². The number of imidazole rings is 1. The maximum absolute atomic E-state index is 11.5. The third-order valence-corrected chi connectivity index (χ3v) is 5.35. The summed E-state index contributed by atoms with van der Waals surface area (Å²) in [6.45, 7) is 0. The topological polar surface area (TPSA) is 109 Å². The predicted molar refractivity (Wildman–Crippen MR) is 128 cm³/mol. The Kier molecular flexibility index (Phi) is 6.35. The second kappa shape index (κ2) is 9.53. The van der Waals surface area contributed by atoms with Crippen LogP contribution in [0.4, 0.5) is 5.69 Å². The molecule has 3 aromatic carbocycles. The number of nitrogens with zero attached hydrogens (tertiary/aromatic N) is 2. The molecule has 4 rings (SSSR count). The number of benzene rings is 3. The average Bonchev–Trinajstić information content (AvgIpc) is 3.33. The second-order valence-corrected chi connectivity index (χ2v) is 7.23. The summed E-state index contributed by atoms with van der Waals surface area (Å²) in [5, 5.41) is 11.5. The van der Waals surface area contributed by atoms with E-state index in [4.69, 9.17) is 23.9 Å². The molecule has 0 saturated carbocycles. The van der Waals surface area contributed by atoms with Gasteiger partial charge in [0.1, 0.15) is 11.6 Å². The van der Waals surface area contributed by atoms with Crippen LogP contribution in [0.15, 0.2) is 60.7 Å². The van der Waals surface area contributed by atoms with E-state index in [2.05, 4.69) is 4.98 Å². The van der Waals surface area contributed by atoms with Crippen LogP contribution in [-0.4, -0.2) is 43.3 Å². The van der Waals surface area contributed by atoms with Crippen molar-refractivity contribution in [3.63, 3.8) is 0 Å². The first-order valence-corrected chi connectivity index (χ1v) is 10.3. The predicted octanol–water partition coefficient (Wildman–Crippen LogP) is 5.35. The van der Waals surface area contributed by atoms with Crippen LogP contribution in [-0.2, 0) is 0 Å². The Balaban J connectivity index is 1.98. The Morgan fingerprint density at radius 1 is 0.794 bits per heavy atom. The molecule has 9 heteroatoms. The fraction of sp³-hybridized carbons (Fsp3) is 0.160. The molecule has 34 heavy (non-hydrogen) atoms. The average molecular weight is 461 g/mol. The summed E-state index contributed by atoms with van der Waals surface area (Å²) in [5.41, 5.74) is 3.17. The highest BCUT2D eigenvalue weighted by atomic mass is 16.6. The molecule has 0 atom stereocenters. The van der Waals surface area contributed by atoms with E-state index in [0.29, 0.717) is 51.3 Å². The number of hydrogen-bond acceptors (Lipinski definition) is 7. The molecular weight excluding hydrogens is 438 g/mol. The van der Waals surface area contributed by atoms with Crippen molar-refractivity contribution in [3.8, 4) is 56.9 Å². The van der Waals surface area contributed by atoms with Gasteiger partial charge in [-0.25, -0.2) is 4.98 Å². The van der Waals surface area contributed by atoms with Crippen molar-refractivity contribution in [2.45, 2.75) is 0 Å². The van der Waals surface area contributed by atoms with Crippen LogP contribution in [0, 0.1) is 10.1 Å². The number of aromatic amines is 1. The van der Waals surface area contributed by atoms with Gasteiger partial charge in [-0.15, -0.1) is 0 Å². The van der Waals surface area contributed by atoms with Gasteiger partial charge >= 0.3 is 0 Å². The standard InChI is InChI=1S/C25H23N3O6/c1-31-19-11-10-17(28(29)30)14-18(19)23-22(15-8-6-5-7-9-15)26-25(27-23)16-12-20(32-2)24(34-4)21(13-16)33-3/h5-14H,1-4H3,(H,26,27). The van der Waals surface area contributed by atoms with Gasteiger partial charge in [0.2, 0.25) is 5.75 Å². The zero-order valence-electron chi connectivity index (χ0n) is 19.1. The molecule has 1 heterocycles. The first kappa shape index (κ1) is 22.7. The lowest BCUT2D eigenvalue weighted by Gasteiger charge is -2.13.